The zero-order valence-electron chi connectivity index (χ0n) is 8.47. The number of thiazole rings is 1. The van der Waals surface area contributed by atoms with Gasteiger partial charge < -0.3 is 4.90 Å². The van der Waals surface area contributed by atoms with Crippen LogP contribution in [0.2, 0.25) is 0 Å². The van der Waals surface area contributed by atoms with Crippen LogP contribution in [0.1, 0.15) is 16.6 Å². The minimum absolute atomic E-state index is 0.0821. The molecule has 84 valence electrons. The summed E-state index contributed by atoms with van der Waals surface area (Å²) in [5.74, 6) is -0.704. The number of hydrogen-bond donors (Lipinski definition) is 1. The molecule has 16 heavy (non-hydrogen) atoms. The van der Waals surface area contributed by atoms with E-state index >= 15 is 0 Å². The number of amides is 2. The maximum Gasteiger partial charge on any atom is 0.249 e. The molecule has 1 aliphatic rings. The highest BCUT2D eigenvalue weighted by atomic mass is 32.1. The number of piperazine rings is 1. The van der Waals surface area contributed by atoms with Gasteiger partial charge in [0, 0.05) is 0 Å². The summed E-state index contributed by atoms with van der Waals surface area (Å²) in [5.41, 5.74) is 0. The van der Waals surface area contributed by atoms with Gasteiger partial charge in [0.1, 0.15) is 12.6 Å². The number of carbonyl (C=O) groups excluding carboxylic acids is 3. The molecule has 0 aromatic carbocycles. The van der Waals surface area contributed by atoms with Gasteiger partial charge in [-0.25, -0.2) is 4.98 Å². The summed E-state index contributed by atoms with van der Waals surface area (Å²) in [7, 11) is 0. The summed E-state index contributed by atoms with van der Waals surface area (Å²) in [4.78, 5) is 39.2. The van der Waals surface area contributed by atoms with Gasteiger partial charge >= 0.3 is 0 Å². The van der Waals surface area contributed by atoms with E-state index in [0.717, 1.165) is 11.3 Å². The fourth-order valence-electron chi connectivity index (χ4n) is 1.41. The minimum atomic E-state index is -0.455. The van der Waals surface area contributed by atoms with Gasteiger partial charge in [-0.2, -0.15) is 0 Å². The fourth-order valence-corrected chi connectivity index (χ4v) is 2.22. The van der Waals surface area contributed by atoms with Crippen LogP contribution >= 0.6 is 11.3 Å². The average molecular weight is 239 g/mol. The van der Waals surface area contributed by atoms with Crippen molar-refractivity contribution in [2.45, 2.75) is 13.0 Å². The maximum absolute atomic E-state index is 11.4. The first kappa shape index (κ1) is 10.7. The third-order valence-electron chi connectivity index (χ3n) is 2.30. The summed E-state index contributed by atoms with van der Waals surface area (Å²) < 4.78 is 0. The van der Waals surface area contributed by atoms with Gasteiger partial charge in [0.05, 0.1) is 11.1 Å². The number of aromatic nitrogens is 1. The molecule has 0 aliphatic carbocycles. The zero-order valence-corrected chi connectivity index (χ0v) is 9.28. The third-order valence-corrected chi connectivity index (χ3v) is 3.26. The second-order valence-corrected chi connectivity index (χ2v) is 4.42. The molecule has 1 saturated heterocycles. The van der Waals surface area contributed by atoms with E-state index < -0.39 is 6.04 Å². The predicted octanol–water partition coefficient (Wildman–Crippen LogP) is -0.193. The Bertz CT molecular complexity index is 457. The topological polar surface area (TPSA) is 79.4 Å². The normalized spacial score (nSPS) is 20.8. The summed E-state index contributed by atoms with van der Waals surface area (Å²) >= 11 is 1.16. The molecular formula is C9H9N3O3S. The van der Waals surface area contributed by atoms with E-state index in [1.165, 1.54) is 6.20 Å². The van der Waals surface area contributed by atoms with E-state index in [9.17, 15) is 14.4 Å². The van der Waals surface area contributed by atoms with Gasteiger partial charge in [-0.1, -0.05) is 11.3 Å². The highest BCUT2D eigenvalue weighted by Crippen LogP contribution is 2.24. The van der Waals surface area contributed by atoms with Crippen LogP contribution in [-0.4, -0.2) is 35.7 Å². The number of aldehydes is 1. The fraction of sp³-hybridized carbons (Fsp3) is 0.333. The van der Waals surface area contributed by atoms with Gasteiger partial charge in [-0.3, -0.25) is 19.7 Å². The lowest BCUT2D eigenvalue weighted by molar-refractivity contribution is -0.132. The van der Waals surface area contributed by atoms with E-state index in [4.69, 9.17) is 0 Å². The molecule has 1 fully saturated rings. The van der Waals surface area contributed by atoms with Gasteiger partial charge in [0.15, 0.2) is 11.4 Å². The number of hydrogen-bond acceptors (Lipinski definition) is 6. The SMILES string of the molecule is CC1C(=O)NC(=O)CN1c1ncc(C=O)s1. The molecule has 1 atom stereocenters. The molecule has 6 nitrogen and oxygen atoms in total. The summed E-state index contributed by atoms with van der Waals surface area (Å²) in [5, 5.41) is 2.75. The lowest BCUT2D eigenvalue weighted by atomic mass is 10.2. The van der Waals surface area contributed by atoms with Crippen molar-refractivity contribution in [2.75, 3.05) is 11.4 Å². The molecule has 0 saturated carbocycles. The number of nitrogens with one attached hydrogen (secondary N) is 1. The van der Waals surface area contributed by atoms with Crippen molar-refractivity contribution < 1.29 is 14.4 Å². The molecule has 0 radical (unpaired) electrons. The quantitative estimate of drug-likeness (QED) is 0.571. The van der Waals surface area contributed by atoms with E-state index in [1.54, 1.807) is 11.8 Å². The zero-order chi connectivity index (χ0) is 11.7. The van der Waals surface area contributed by atoms with E-state index in [-0.39, 0.29) is 18.4 Å². The van der Waals surface area contributed by atoms with Crippen LogP contribution in [0.4, 0.5) is 5.13 Å². The van der Waals surface area contributed by atoms with E-state index in [2.05, 4.69) is 10.3 Å². The van der Waals surface area contributed by atoms with Crippen molar-refractivity contribution in [1.29, 1.82) is 0 Å². The molecule has 1 aromatic rings. The Hall–Kier alpha value is -1.76. The number of carbonyl (C=O) groups is 3. The van der Waals surface area contributed by atoms with Crippen molar-refractivity contribution in [3.8, 4) is 0 Å². The van der Waals surface area contributed by atoms with Crippen LogP contribution in [0.15, 0.2) is 6.20 Å². The number of nitrogens with zero attached hydrogens (tertiary/aromatic N) is 2. The van der Waals surface area contributed by atoms with Crippen molar-refractivity contribution in [2.24, 2.45) is 0 Å². The number of anilines is 1. The van der Waals surface area contributed by atoms with Gasteiger partial charge in [0.2, 0.25) is 11.8 Å². The molecule has 0 bridgehead atoms. The van der Waals surface area contributed by atoms with E-state index in [1.807, 2.05) is 0 Å². The first-order chi connectivity index (χ1) is 7.61. The largest absolute Gasteiger partial charge is 0.327 e. The Morgan fingerprint density at radius 3 is 3.00 bits per heavy atom. The van der Waals surface area contributed by atoms with E-state index in [0.29, 0.717) is 16.3 Å². The minimum Gasteiger partial charge on any atom is -0.327 e. The Balaban J connectivity index is 2.27. The first-order valence-electron chi connectivity index (χ1n) is 4.63. The molecule has 1 aromatic heterocycles. The lowest BCUT2D eigenvalue weighted by Crippen LogP contribution is -2.57. The smallest absolute Gasteiger partial charge is 0.249 e. The van der Waals surface area contributed by atoms with Gasteiger partial charge in [0.25, 0.3) is 0 Å². The Kier molecular flexibility index (Phi) is 2.69. The molecule has 2 heterocycles. The number of imide groups is 1. The Morgan fingerprint density at radius 2 is 2.38 bits per heavy atom. The second kappa shape index (κ2) is 4.01. The monoisotopic (exact) mass is 239 g/mol. The number of rotatable bonds is 2. The van der Waals surface area contributed by atoms with Gasteiger partial charge in [-0.05, 0) is 6.92 Å². The van der Waals surface area contributed by atoms with Crippen LogP contribution in [0.5, 0.6) is 0 Å². The van der Waals surface area contributed by atoms with Crippen LogP contribution < -0.4 is 10.2 Å². The molecule has 2 amide bonds. The Morgan fingerprint density at radius 1 is 1.62 bits per heavy atom. The average Bonchev–Trinajstić information content (AvgIpc) is 2.71. The van der Waals surface area contributed by atoms with Crippen LogP contribution in [0.25, 0.3) is 0 Å². The molecular weight excluding hydrogens is 230 g/mol. The standard InChI is InChI=1S/C9H9N3O3S/c1-5-8(15)11-7(14)3-12(5)9-10-2-6(4-13)16-9/h2,4-5H,3H2,1H3,(H,11,14,15). The highest BCUT2D eigenvalue weighted by molar-refractivity contribution is 7.17. The maximum atomic E-state index is 11.4. The van der Waals surface area contributed by atoms with Crippen molar-refractivity contribution in [1.82, 2.24) is 10.3 Å². The molecule has 7 heteroatoms. The van der Waals surface area contributed by atoms with Crippen molar-refractivity contribution >= 4 is 34.6 Å². The molecule has 1 N–H and O–H groups in total. The summed E-state index contributed by atoms with van der Waals surface area (Å²) in [6.07, 6.45) is 2.12. The van der Waals surface area contributed by atoms with Crippen LogP contribution in [0, 0.1) is 0 Å². The third kappa shape index (κ3) is 1.81. The predicted molar refractivity (Wildman–Crippen MR) is 57.5 cm³/mol. The highest BCUT2D eigenvalue weighted by Gasteiger charge is 2.31. The Labute approximate surface area is 95.3 Å². The summed E-state index contributed by atoms with van der Waals surface area (Å²) in [6, 6.07) is -0.455. The van der Waals surface area contributed by atoms with Crippen molar-refractivity contribution in [3.05, 3.63) is 11.1 Å². The van der Waals surface area contributed by atoms with Crippen LogP contribution in [0.3, 0.4) is 0 Å². The molecule has 1 unspecified atom stereocenters. The van der Waals surface area contributed by atoms with Crippen LogP contribution in [-0.2, 0) is 9.59 Å². The summed E-state index contributed by atoms with van der Waals surface area (Å²) in [6.45, 7) is 1.77. The lowest BCUT2D eigenvalue weighted by Gasteiger charge is -2.31. The second-order valence-electron chi connectivity index (χ2n) is 3.38. The van der Waals surface area contributed by atoms with Gasteiger partial charge in [-0.15, -0.1) is 0 Å². The van der Waals surface area contributed by atoms with Crippen molar-refractivity contribution in [3.63, 3.8) is 0 Å². The molecule has 1 aliphatic heterocycles. The molecule has 2 rings (SSSR count). The first-order valence-corrected chi connectivity index (χ1v) is 5.45. The molecule has 0 spiro atoms.